The van der Waals surface area contributed by atoms with E-state index in [-0.39, 0.29) is 11.6 Å². The summed E-state index contributed by atoms with van der Waals surface area (Å²) in [5, 5.41) is 0. The normalized spacial score (nSPS) is 11.0. The Balaban J connectivity index is 2.82. The van der Waals surface area contributed by atoms with Gasteiger partial charge in [0.05, 0.1) is 0 Å². The zero-order chi connectivity index (χ0) is 18.8. The average Bonchev–Trinajstić information content (AvgIpc) is 2.59. The Kier molecular flexibility index (Phi) is 5.22. The first-order valence-corrected chi connectivity index (χ1v) is 8.29. The molecule has 0 amide bonds. The molecule has 0 aromatic heterocycles. The van der Waals surface area contributed by atoms with Gasteiger partial charge < -0.3 is 0 Å². The zero-order valence-corrected chi connectivity index (χ0v) is 15.3. The van der Waals surface area contributed by atoms with Gasteiger partial charge in [-0.3, -0.25) is 9.59 Å². The highest BCUT2D eigenvalue weighted by Crippen LogP contribution is 2.38. The monoisotopic (exact) mass is 332 g/mol. The van der Waals surface area contributed by atoms with E-state index in [1.54, 1.807) is 0 Å². The van der Waals surface area contributed by atoms with Crippen LogP contribution in [0.1, 0.15) is 56.8 Å². The summed E-state index contributed by atoms with van der Waals surface area (Å²) < 4.78 is 0. The minimum absolute atomic E-state index is 0.106. The van der Waals surface area contributed by atoms with Gasteiger partial charge in [0, 0.05) is 16.5 Å². The first-order valence-electron chi connectivity index (χ1n) is 8.29. The van der Waals surface area contributed by atoms with Gasteiger partial charge in [0.25, 0.3) is 0 Å². The van der Waals surface area contributed by atoms with Crippen LogP contribution in [-0.2, 0) is 5.41 Å². The highest BCUT2D eigenvalue weighted by Gasteiger charge is 2.31. The molecule has 0 radical (unpaired) electrons. The van der Waals surface area contributed by atoms with Crippen molar-refractivity contribution in [2.45, 2.75) is 33.1 Å². The van der Waals surface area contributed by atoms with Crippen LogP contribution in [0.25, 0.3) is 0 Å². The number of hydrogen-bond donors (Lipinski definition) is 0. The van der Waals surface area contributed by atoms with Crippen molar-refractivity contribution in [2.75, 3.05) is 0 Å². The van der Waals surface area contributed by atoms with Crippen molar-refractivity contribution in [3.63, 3.8) is 0 Å². The van der Waals surface area contributed by atoms with Crippen LogP contribution in [0.2, 0.25) is 0 Å². The van der Waals surface area contributed by atoms with Crippen molar-refractivity contribution in [3.8, 4) is 0 Å². The molecule has 0 fully saturated rings. The molecule has 0 atom stereocenters. The summed E-state index contributed by atoms with van der Waals surface area (Å²) in [6.07, 6.45) is 2.68. The van der Waals surface area contributed by atoms with E-state index in [1.807, 2.05) is 64.1 Å². The fourth-order valence-electron chi connectivity index (χ4n) is 3.38. The number of benzene rings is 2. The molecule has 128 valence electrons. The Labute approximate surface area is 149 Å². The van der Waals surface area contributed by atoms with Crippen molar-refractivity contribution in [1.29, 1.82) is 0 Å². The number of carbonyl (C=O) groups is 2. The summed E-state index contributed by atoms with van der Waals surface area (Å²) in [6, 6.07) is 11.6. The molecule has 0 heterocycles. The SMILES string of the molecule is C=CC(=O)c1c(C)cccc1C(C)(C)c1cccc(C)c1C(=O)C=C. The smallest absolute Gasteiger partial charge is 0.185 e. The van der Waals surface area contributed by atoms with Gasteiger partial charge in [-0.25, -0.2) is 0 Å². The van der Waals surface area contributed by atoms with Gasteiger partial charge in [0.1, 0.15) is 0 Å². The maximum Gasteiger partial charge on any atom is 0.185 e. The van der Waals surface area contributed by atoms with Crippen LogP contribution < -0.4 is 0 Å². The van der Waals surface area contributed by atoms with Crippen LogP contribution >= 0.6 is 0 Å². The van der Waals surface area contributed by atoms with Crippen molar-refractivity contribution < 1.29 is 9.59 Å². The minimum atomic E-state index is -0.528. The number of aryl methyl sites for hydroxylation is 2. The van der Waals surface area contributed by atoms with Gasteiger partial charge in [0.15, 0.2) is 11.6 Å². The third-order valence-corrected chi connectivity index (χ3v) is 4.76. The average molecular weight is 332 g/mol. The summed E-state index contributed by atoms with van der Waals surface area (Å²) in [5.74, 6) is -0.212. The number of rotatable bonds is 6. The van der Waals surface area contributed by atoms with Gasteiger partial charge in [-0.2, -0.15) is 0 Å². The summed E-state index contributed by atoms with van der Waals surface area (Å²) in [6.45, 7) is 15.2. The van der Waals surface area contributed by atoms with E-state index in [1.165, 1.54) is 12.2 Å². The van der Waals surface area contributed by atoms with Gasteiger partial charge in [-0.1, -0.05) is 63.4 Å². The van der Waals surface area contributed by atoms with E-state index in [0.717, 1.165) is 22.3 Å². The second kappa shape index (κ2) is 7.02. The van der Waals surface area contributed by atoms with Crippen molar-refractivity contribution in [1.82, 2.24) is 0 Å². The third kappa shape index (κ3) is 3.25. The largest absolute Gasteiger partial charge is 0.289 e. The first-order chi connectivity index (χ1) is 11.8. The highest BCUT2D eigenvalue weighted by molar-refractivity contribution is 6.08. The molecule has 0 saturated heterocycles. The van der Waals surface area contributed by atoms with E-state index in [0.29, 0.717) is 11.1 Å². The molecule has 2 heteroatoms. The molecule has 0 aliphatic carbocycles. The fraction of sp³-hybridized carbons (Fsp3) is 0.217. The van der Waals surface area contributed by atoms with Crippen LogP contribution in [0.5, 0.6) is 0 Å². The molecule has 2 aromatic carbocycles. The van der Waals surface area contributed by atoms with Crippen LogP contribution in [0.15, 0.2) is 61.7 Å². The fourth-order valence-corrected chi connectivity index (χ4v) is 3.38. The molecular formula is C23H24O2. The standard InChI is InChI=1S/C23H24O2/c1-7-19(24)21-15(3)11-9-13-17(21)23(5,6)18-14-10-12-16(4)22(18)20(25)8-2/h7-14H,1-2H2,3-6H3. The van der Waals surface area contributed by atoms with E-state index in [9.17, 15) is 9.59 Å². The van der Waals surface area contributed by atoms with Gasteiger partial charge >= 0.3 is 0 Å². The van der Waals surface area contributed by atoms with Gasteiger partial charge in [-0.05, 0) is 48.3 Å². The van der Waals surface area contributed by atoms with E-state index >= 15 is 0 Å². The predicted molar refractivity (Wildman–Crippen MR) is 104 cm³/mol. The molecular weight excluding hydrogens is 308 g/mol. The topological polar surface area (TPSA) is 34.1 Å². The predicted octanol–water partition coefficient (Wildman–Crippen LogP) is 5.37. The zero-order valence-electron chi connectivity index (χ0n) is 15.3. The van der Waals surface area contributed by atoms with E-state index < -0.39 is 5.41 Å². The number of allylic oxidation sites excluding steroid dienone is 2. The summed E-state index contributed by atoms with van der Waals surface area (Å²) >= 11 is 0. The maximum absolute atomic E-state index is 12.5. The molecule has 0 saturated carbocycles. The van der Waals surface area contributed by atoms with Crippen LogP contribution in [-0.4, -0.2) is 11.6 Å². The van der Waals surface area contributed by atoms with Crippen molar-refractivity contribution >= 4 is 11.6 Å². The Hall–Kier alpha value is -2.74. The Morgan fingerprint density at radius 3 is 1.48 bits per heavy atom. The molecule has 0 aliphatic rings. The van der Waals surface area contributed by atoms with E-state index in [4.69, 9.17) is 0 Å². The third-order valence-electron chi connectivity index (χ3n) is 4.76. The second-order valence-electron chi connectivity index (χ2n) is 6.76. The quantitative estimate of drug-likeness (QED) is 0.526. The van der Waals surface area contributed by atoms with Crippen LogP contribution in [0.4, 0.5) is 0 Å². The molecule has 0 unspecified atom stereocenters. The number of hydrogen-bond acceptors (Lipinski definition) is 2. The Bertz CT molecular complexity index is 798. The van der Waals surface area contributed by atoms with Crippen molar-refractivity contribution in [3.05, 3.63) is 95.1 Å². The molecule has 2 aromatic rings. The first kappa shape index (κ1) is 18.6. The summed E-state index contributed by atoms with van der Waals surface area (Å²) in [4.78, 5) is 24.9. The molecule has 0 bridgehead atoms. The lowest BCUT2D eigenvalue weighted by atomic mass is 9.72. The Morgan fingerprint density at radius 2 is 1.16 bits per heavy atom. The van der Waals surface area contributed by atoms with Gasteiger partial charge in [-0.15, -0.1) is 0 Å². The minimum Gasteiger partial charge on any atom is -0.289 e. The molecule has 0 aliphatic heterocycles. The van der Waals surface area contributed by atoms with E-state index in [2.05, 4.69) is 13.2 Å². The number of ketones is 2. The second-order valence-corrected chi connectivity index (χ2v) is 6.76. The maximum atomic E-state index is 12.5. The van der Waals surface area contributed by atoms with Crippen LogP contribution in [0.3, 0.4) is 0 Å². The van der Waals surface area contributed by atoms with Crippen molar-refractivity contribution in [2.24, 2.45) is 0 Å². The van der Waals surface area contributed by atoms with Gasteiger partial charge in [0.2, 0.25) is 0 Å². The molecule has 2 rings (SSSR count). The summed E-state index contributed by atoms with van der Waals surface area (Å²) in [5.41, 5.74) is 4.36. The molecule has 0 spiro atoms. The molecule has 2 nitrogen and oxygen atoms in total. The molecule has 0 N–H and O–H groups in total. The lowest BCUT2D eigenvalue weighted by Gasteiger charge is -2.31. The lowest BCUT2D eigenvalue weighted by molar-refractivity contribution is 0.103. The number of carbonyl (C=O) groups excluding carboxylic acids is 2. The molecule has 25 heavy (non-hydrogen) atoms. The summed E-state index contributed by atoms with van der Waals surface area (Å²) in [7, 11) is 0. The lowest BCUT2D eigenvalue weighted by Crippen LogP contribution is -2.26. The van der Waals surface area contributed by atoms with Crippen LogP contribution in [0, 0.1) is 13.8 Å². The Morgan fingerprint density at radius 1 is 0.800 bits per heavy atom. The highest BCUT2D eigenvalue weighted by atomic mass is 16.1.